The third kappa shape index (κ3) is 5.66. The van der Waals surface area contributed by atoms with Crippen molar-refractivity contribution in [3.8, 4) is 5.75 Å². The fraction of sp³-hybridized carbons (Fsp3) is 0.500. The van der Waals surface area contributed by atoms with E-state index in [4.69, 9.17) is 10.6 Å². The van der Waals surface area contributed by atoms with Gasteiger partial charge in [-0.3, -0.25) is 4.79 Å². The molecule has 26 heavy (non-hydrogen) atoms. The van der Waals surface area contributed by atoms with E-state index in [1.807, 2.05) is 32.9 Å². The fourth-order valence-electron chi connectivity index (χ4n) is 2.26. The minimum atomic E-state index is -0.0489. The Balaban J connectivity index is 1.90. The van der Waals surface area contributed by atoms with Crippen LogP contribution in [0.2, 0.25) is 0 Å². The molecule has 1 aromatic heterocycles. The molecule has 142 valence electrons. The second-order valence-electron chi connectivity index (χ2n) is 6.77. The number of aromatic nitrogens is 3. The fourth-order valence-corrected chi connectivity index (χ4v) is 2.95. The van der Waals surface area contributed by atoms with Crippen molar-refractivity contribution in [3.05, 3.63) is 35.2 Å². The van der Waals surface area contributed by atoms with Crippen molar-refractivity contribution in [1.29, 1.82) is 0 Å². The molecule has 0 fully saturated rings. The molecule has 1 atom stereocenters. The first-order valence-corrected chi connectivity index (χ1v) is 9.57. The van der Waals surface area contributed by atoms with Crippen molar-refractivity contribution >= 4 is 17.7 Å². The maximum atomic E-state index is 12.0. The summed E-state index contributed by atoms with van der Waals surface area (Å²) in [6, 6.07) is 6.12. The van der Waals surface area contributed by atoms with Gasteiger partial charge in [0.05, 0.1) is 5.75 Å². The summed E-state index contributed by atoms with van der Waals surface area (Å²) in [5, 5.41) is 11.5. The number of carbonyl (C=O) groups excluding carboxylic acids is 1. The molecule has 0 radical (unpaired) electrons. The van der Waals surface area contributed by atoms with Crippen LogP contribution in [0, 0.1) is 19.8 Å². The summed E-state index contributed by atoms with van der Waals surface area (Å²) in [5.74, 6) is 7.87. The normalized spacial score (nSPS) is 12.2. The van der Waals surface area contributed by atoms with Crippen molar-refractivity contribution < 1.29 is 9.53 Å². The molecule has 7 nitrogen and oxygen atoms in total. The van der Waals surface area contributed by atoms with Crippen molar-refractivity contribution in [2.45, 2.75) is 52.4 Å². The van der Waals surface area contributed by atoms with Gasteiger partial charge < -0.3 is 15.9 Å². The number of amides is 1. The number of carbonyl (C=O) groups is 1. The molecule has 0 aliphatic rings. The van der Waals surface area contributed by atoms with Crippen LogP contribution in [0.15, 0.2) is 23.4 Å². The largest absolute Gasteiger partial charge is 0.486 e. The predicted octanol–water partition coefficient (Wildman–Crippen LogP) is 2.44. The molecule has 1 aromatic carbocycles. The van der Waals surface area contributed by atoms with E-state index >= 15 is 0 Å². The molecule has 1 unspecified atom stereocenters. The zero-order chi connectivity index (χ0) is 19.3. The molecule has 8 heteroatoms. The number of benzene rings is 1. The first-order chi connectivity index (χ1) is 12.3. The molecule has 0 bridgehead atoms. The average Bonchev–Trinajstić information content (AvgIpc) is 2.90. The summed E-state index contributed by atoms with van der Waals surface area (Å²) in [6.45, 7) is 10.4. The molecule has 0 saturated heterocycles. The third-order valence-electron chi connectivity index (χ3n) is 4.02. The highest BCUT2D eigenvalue weighted by Crippen LogP contribution is 2.19. The SMILES string of the molecule is Cc1cc(C)cc(OCc2nnc(SCC(=O)NC(C)C(C)C)n2N)c1. The molecule has 2 aromatic rings. The quantitative estimate of drug-likeness (QED) is 0.542. The van der Waals surface area contributed by atoms with E-state index in [1.165, 1.54) is 16.4 Å². The van der Waals surface area contributed by atoms with E-state index < -0.39 is 0 Å². The number of thioether (sulfide) groups is 1. The Labute approximate surface area is 158 Å². The van der Waals surface area contributed by atoms with Crippen LogP contribution in [-0.2, 0) is 11.4 Å². The summed E-state index contributed by atoms with van der Waals surface area (Å²) in [6.07, 6.45) is 0. The zero-order valence-corrected chi connectivity index (χ0v) is 16.8. The summed E-state index contributed by atoms with van der Waals surface area (Å²) >= 11 is 1.25. The van der Waals surface area contributed by atoms with E-state index in [9.17, 15) is 4.79 Å². The minimum absolute atomic E-state index is 0.0489. The van der Waals surface area contributed by atoms with Gasteiger partial charge in [0.25, 0.3) is 0 Å². The third-order valence-corrected chi connectivity index (χ3v) is 4.96. The smallest absolute Gasteiger partial charge is 0.230 e. The average molecular weight is 378 g/mol. The van der Waals surface area contributed by atoms with E-state index in [0.717, 1.165) is 16.9 Å². The van der Waals surface area contributed by atoms with Crippen LogP contribution < -0.4 is 15.9 Å². The Morgan fingerprint density at radius 3 is 2.50 bits per heavy atom. The lowest BCUT2D eigenvalue weighted by Gasteiger charge is -2.17. The number of nitrogens with zero attached hydrogens (tertiary/aromatic N) is 3. The molecule has 0 spiro atoms. The number of hydrogen-bond acceptors (Lipinski definition) is 6. The lowest BCUT2D eigenvalue weighted by molar-refractivity contribution is -0.119. The number of nitrogen functional groups attached to an aromatic ring is 1. The minimum Gasteiger partial charge on any atom is -0.486 e. The summed E-state index contributed by atoms with van der Waals surface area (Å²) in [4.78, 5) is 12.0. The maximum absolute atomic E-state index is 12.0. The van der Waals surface area contributed by atoms with Gasteiger partial charge in [-0.05, 0) is 49.9 Å². The van der Waals surface area contributed by atoms with Crippen molar-refractivity contribution in [2.24, 2.45) is 5.92 Å². The first kappa shape index (κ1) is 20.1. The standard InChI is InChI=1S/C18H27N5O2S/c1-11(2)14(5)20-17(24)10-26-18-22-21-16(23(18)19)9-25-15-7-12(3)6-13(4)8-15/h6-8,11,14H,9-10,19H2,1-5H3,(H,20,24). The molecule has 0 aliphatic heterocycles. The van der Waals surface area contributed by atoms with Gasteiger partial charge in [0.1, 0.15) is 12.4 Å². The number of rotatable bonds is 8. The Bertz CT molecular complexity index is 740. The molecule has 2 rings (SSSR count). The number of ether oxygens (including phenoxy) is 1. The van der Waals surface area contributed by atoms with Gasteiger partial charge in [0.15, 0.2) is 5.82 Å². The van der Waals surface area contributed by atoms with Crippen LogP contribution in [0.1, 0.15) is 37.7 Å². The van der Waals surface area contributed by atoms with E-state index in [-0.39, 0.29) is 24.3 Å². The summed E-state index contributed by atoms with van der Waals surface area (Å²) in [5.41, 5.74) is 2.26. The zero-order valence-electron chi connectivity index (χ0n) is 15.9. The molecular formula is C18H27N5O2S. The van der Waals surface area contributed by atoms with Gasteiger partial charge in [-0.25, -0.2) is 4.68 Å². The number of nitrogens with one attached hydrogen (secondary N) is 1. The van der Waals surface area contributed by atoms with Gasteiger partial charge in [0.2, 0.25) is 11.1 Å². The Morgan fingerprint density at radius 2 is 1.88 bits per heavy atom. The van der Waals surface area contributed by atoms with Crippen molar-refractivity contribution in [3.63, 3.8) is 0 Å². The molecule has 3 N–H and O–H groups in total. The molecule has 0 saturated carbocycles. The second-order valence-corrected chi connectivity index (χ2v) is 7.71. The van der Waals surface area contributed by atoms with Gasteiger partial charge >= 0.3 is 0 Å². The number of nitrogens with two attached hydrogens (primary N) is 1. The highest BCUT2D eigenvalue weighted by Gasteiger charge is 2.15. The molecular weight excluding hydrogens is 350 g/mol. The van der Waals surface area contributed by atoms with Gasteiger partial charge in [-0.2, -0.15) is 0 Å². The monoisotopic (exact) mass is 377 g/mol. The number of hydrogen-bond donors (Lipinski definition) is 2. The first-order valence-electron chi connectivity index (χ1n) is 8.59. The van der Waals surface area contributed by atoms with Crippen LogP contribution >= 0.6 is 11.8 Å². The van der Waals surface area contributed by atoms with Crippen LogP contribution in [0.4, 0.5) is 0 Å². The summed E-state index contributed by atoms with van der Waals surface area (Å²) in [7, 11) is 0. The van der Waals surface area contributed by atoms with Crippen LogP contribution in [-0.4, -0.2) is 32.6 Å². The second kappa shape index (κ2) is 8.93. The van der Waals surface area contributed by atoms with Crippen LogP contribution in [0.5, 0.6) is 5.75 Å². The highest BCUT2D eigenvalue weighted by molar-refractivity contribution is 7.99. The summed E-state index contributed by atoms with van der Waals surface area (Å²) < 4.78 is 7.13. The molecule has 0 aliphatic carbocycles. The Morgan fingerprint density at radius 1 is 1.23 bits per heavy atom. The van der Waals surface area contributed by atoms with Gasteiger partial charge in [0, 0.05) is 6.04 Å². The van der Waals surface area contributed by atoms with Crippen LogP contribution in [0.25, 0.3) is 0 Å². The number of aryl methyl sites for hydroxylation is 2. The topological polar surface area (TPSA) is 95.1 Å². The van der Waals surface area contributed by atoms with E-state index in [0.29, 0.717) is 16.9 Å². The van der Waals surface area contributed by atoms with E-state index in [1.54, 1.807) is 0 Å². The van der Waals surface area contributed by atoms with Crippen molar-refractivity contribution in [2.75, 3.05) is 11.6 Å². The lowest BCUT2D eigenvalue weighted by atomic mass is 10.1. The highest BCUT2D eigenvalue weighted by atomic mass is 32.2. The van der Waals surface area contributed by atoms with Gasteiger partial charge in [-0.15, -0.1) is 10.2 Å². The Kier molecular flexibility index (Phi) is 6.90. The van der Waals surface area contributed by atoms with Crippen molar-refractivity contribution in [1.82, 2.24) is 20.2 Å². The lowest BCUT2D eigenvalue weighted by Crippen LogP contribution is -2.37. The molecule has 1 heterocycles. The predicted molar refractivity (Wildman–Crippen MR) is 104 cm³/mol. The Hall–Kier alpha value is -2.22. The molecule has 1 amide bonds. The van der Waals surface area contributed by atoms with E-state index in [2.05, 4.69) is 35.4 Å². The van der Waals surface area contributed by atoms with Gasteiger partial charge in [-0.1, -0.05) is 31.7 Å². The maximum Gasteiger partial charge on any atom is 0.230 e. The van der Waals surface area contributed by atoms with Crippen LogP contribution in [0.3, 0.4) is 0 Å².